The molecule has 0 N–H and O–H groups in total. The molecule has 1 aliphatic rings. The van der Waals surface area contributed by atoms with E-state index in [1.165, 1.54) is 0 Å². The molecule has 0 saturated carbocycles. The van der Waals surface area contributed by atoms with E-state index in [-0.39, 0.29) is 23.7 Å². The van der Waals surface area contributed by atoms with Crippen molar-refractivity contribution < 1.29 is 14.3 Å². The van der Waals surface area contributed by atoms with Gasteiger partial charge < -0.3 is 14.5 Å². The van der Waals surface area contributed by atoms with Crippen LogP contribution in [-0.2, 0) is 4.79 Å². The number of ether oxygens (including phenoxy) is 1. The van der Waals surface area contributed by atoms with E-state index in [1.807, 2.05) is 79.1 Å². The number of hydrogen-bond acceptors (Lipinski definition) is 3. The average Bonchev–Trinajstić information content (AvgIpc) is 3.20. The van der Waals surface area contributed by atoms with Crippen molar-refractivity contribution in [1.29, 1.82) is 0 Å². The third-order valence-corrected chi connectivity index (χ3v) is 5.84. The number of carbonyl (C=O) groups is 2. The summed E-state index contributed by atoms with van der Waals surface area (Å²) >= 11 is 0. The number of amides is 2. The van der Waals surface area contributed by atoms with Gasteiger partial charge in [-0.2, -0.15) is 0 Å². The minimum absolute atomic E-state index is 0.0154. The fourth-order valence-corrected chi connectivity index (χ4v) is 4.06. The molecular formula is C24H30N2O3. The third-order valence-electron chi connectivity index (χ3n) is 5.84. The van der Waals surface area contributed by atoms with E-state index in [2.05, 4.69) is 0 Å². The molecule has 0 radical (unpaired) electrons. The first-order valence-electron chi connectivity index (χ1n) is 10.3. The van der Waals surface area contributed by atoms with Crippen molar-refractivity contribution in [1.82, 2.24) is 9.80 Å². The highest BCUT2D eigenvalue weighted by Crippen LogP contribution is 2.35. The van der Waals surface area contributed by atoms with Crippen LogP contribution in [0.4, 0.5) is 0 Å². The number of aryl methyl sites for hydroxylation is 1. The van der Waals surface area contributed by atoms with E-state index in [4.69, 9.17) is 4.74 Å². The van der Waals surface area contributed by atoms with Crippen LogP contribution in [0.2, 0.25) is 0 Å². The fourth-order valence-electron chi connectivity index (χ4n) is 4.06. The normalized spacial score (nSPS) is 18.6. The minimum atomic E-state index is -0.238. The number of nitrogens with zero attached hydrogens (tertiary/aromatic N) is 2. The number of likely N-dealkylation sites (tertiary alicyclic amines) is 1. The van der Waals surface area contributed by atoms with Crippen LogP contribution in [0.1, 0.15) is 41.3 Å². The van der Waals surface area contributed by atoms with E-state index < -0.39 is 0 Å². The molecular weight excluding hydrogens is 364 g/mol. The lowest BCUT2D eigenvalue weighted by Gasteiger charge is -2.25. The summed E-state index contributed by atoms with van der Waals surface area (Å²) in [5, 5.41) is 0. The Morgan fingerprint density at radius 1 is 1.00 bits per heavy atom. The Kier molecular flexibility index (Phi) is 6.57. The molecule has 0 bridgehead atoms. The molecule has 0 aliphatic carbocycles. The smallest absolute Gasteiger partial charge is 0.253 e. The maximum atomic E-state index is 13.2. The molecule has 1 fully saturated rings. The second-order valence-corrected chi connectivity index (χ2v) is 7.57. The van der Waals surface area contributed by atoms with Gasteiger partial charge >= 0.3 is 0 Å². The van der Waals surface area contributed by atoms with Crippen molar-refractivity contribution >= 4 is 11.8 Å². The molecule has 1 saturated heterocycles. The number of methoxy groups -OCH3 is 1. The first-order valence-corrected chi connectivity index (χ1v) is 10.3. The second kappa shape index (κ2) is 9.12. The summed E-state index contributed by atoms with van der Waals surface area (Å²) in [4.78, 5) is 30.0. The highest BCUT2D eigenvalue weighted by Gasteiger charge is 2.41. The molecule has 3 rings (SSSR count). The molecule has 2 aromatic carbocycles. The van der Waals surface area contributed by atoms with Gasteiger partial charge in [-0.05, 0) is 50.6 Å². The van der Waals surface area contributed by atoms with Gasteiger partial charge in [0.05, 0.1) is 13.0 Å². The zero-order chi connectivity index (χ0) is 21.0. The van der Waals surface area contributed by atoms with Gasteiger partial charge in [0.1, 0.15) is 5.75 Å². The highest BCUT2D eigenvalue weighted by atomic mass is 16.5. The Morgan fingerprint density at radius 2 is 1.62 bits per heavy atom. The monoisotopic (exact) mass is 394 g/mol. The number of carbonyl (C=O) groups excluding carboxylic acids is 2. The minimum Gasteiger partial charge on any atom is -0.497 e. The highest BCUT2D eigenvalue weighted by molar-refractivity contribution is 5.95. The first kappa shape index (κ1) is 20.9. The van der Waals surface area contributed by atoms with Crippen molar-refractivity contribution in [3.63, 3.8) is 0 Å². The number of rotatable bonds is 6. The summed E-state index contributed by atoms with van der Waals surface area (Å²) in [5.41, 5.74) is 2.85. The molecule has 29 heavy (non-hydrogen) atoms. The molecule has 2 amide bonds. The molecule has 2 atom stereocenters. The van der Waals surface area contributed by atoms with Crippen LogP contribution in [0.15, 0.2) is 48.5 Å². The average molecular weight is 395 g/mol. The Bertz CT molecular complexity index is 841. The lowest BCUT2D eigenvalue weighted by Crippen LogP contribution is -2.39. The second-order valence-electron chi connectivity index (χ2n) is 7.57. The van der Waals surface area contributed by atoms with E-state index in [0.29, 0.717) is 31.7 Å². The Labute approximate surface area is 173 Å². The Morgan fingerprint density at radius 3 is 2.17 bits per heavy atom. The summed E-state index contributed by atoms with van der Waals surface area (Å²) in [7, 11) is 1.64. The van der Waals surface area contributed by atoms with Crippen molar-refractivity contribution in [2.75, 3.05) is 33.3 Å². The van der Waals surface area contributed by atoms with Gasteiger partial charge in [0, 0.05) is 37.7 Å². The summed E-state index contributed by atoms with van der Waals surface area (Å²) in [6.07, 6.45) is 0. The Hall–Kier alpha value is -2.82. The molecule has 1 heterocycles. The summed E-state index contributed by atoms with van der Waals surface area (Å²) < 4.78 is 5.27. The third kappa shape index (κ3) is 4.44. The molecule has 5 heteroatoms. The predicted octanol–water partition coefficient (Wildman–Crippen LogP) is 3.73. The van der Waals surface area contributed by atoms with Crippen molar-refractivity contribution in [2.45, 2.75) is 26.7 Å². The van der Waals surface area contributed by atoms with Crippen molar-refractivity contribution in [3.8, 4) is 5.75 Å². The van der Waals surface area contributed by atoms with Crippen LogP contribution in [-0.4, -0.2) is 54.9 Å². The standard InChI is InChI=1S/C24H30N2O3/c1-5-25(6-2)24(28)22-16-26(23(27)19-9-7-17(3)8-10-19)15-21(22)18-11-13-20(29-4)14-12-18/h7-14,21-22H,5-6,15-16H2,1-4H3. The molecule has 154 valence electrons. The quantitative estimate of drug-likeness (QED) is 0.750. The topological polar surface area (TPSA) is 49.9 Å². The van der Waals surface area contributed by atoms with Gasteiger partial charge in [0.25, 0.3) is 5.91 Å². The Balaban J connectivity index is 1.89. The van der Waals surface area contributed by atoms with Crippen molar-refractivity contribution in [2.24, 2.45) is 5.92 Å². The number of hydrogen-bond donors (Lipinski definition) is 0. The maximum Gasteiger partial charge on any atom is 0.253 e. The van der Waals surface area contributed by atoms with Crippen LogP contribution in [0.3, 0.4) is 0 Å². The largest absolute Gasteiger partial charge is 0.497 e. The predicted molar refractivity (Wildman–Crippen MR) is 114 cm³/mol. The zero-order valence-electron chi connectivity index (χ0n) is 17.7. The van der Waals surface area contributed by atoms with Gasteiger partial charge in [-0.1, -0.05) is 29.8 Å². The molecule has 1 aliphatic heterocycles. The van der Waals surface area contributed by atoms with Crippen LogP contribution >= 0.6 is 0 Å². The summed E-state index contributed by atoms with van der Waals surface area (Å²) in [6.45, 7) is 8.32. The van der Waals surface area contributed by atoms with E-state index >= 15 is 0 Å². The number of benzene rings is 2. The molecule has 5 nitrogen and oxygen atoms in total. The van der Waals surface area contributed by atoms with Gasteiger partial charge in [0.2, 0.25) is 5.91 Å². The van der Waals surface area contributed by atoms with Gasteiger partial charge in [-0.25, -0.2) is 0 Å². The fraction of sp³-hybridized carbons (Fsp3) is 0.417. The van der Waals surface area contributed by atoms with E-state index in [9.17, 15) is 9.59 Å². The van der Waals surface area contributed by atoms with Crippen LogP contribution in [0.25, 0.3) is 0 Å². The zero-order valence-corrected chi connectivity index (χ0v) is 17.7. The van der Waals surface area contributed by atoms with Crippen LogP contribution in [0.5, 0.6) is 5.75 Å². The van der Waals surface area contributed by atoms with Gasteiger partial charge in [-0.3, -0.25) is 9.59 Å². The van der Waals surface area contributed by atoms with E-state index in [0.717, 1.165) is 16.9 Å². The van der Waals surface area contributed by atoms with E-state index in [1.54, 1.807) is 7.11 Å². The van der Waals surface area contributed by atoms with Gasteiger partial charge in [0.15, 0.2) is 0 Å². The van der Waals surface area contributed by atoms with Crippen LogP contribution < -0.4 is 4.74 Å². The van der Waals surface area contributed by atoms with Crippen LogP contribution in [0, 0.1) is 12.8 Å². The first-order chi connectivity index (χ1) is 14.0. The SMILES string of the molecule is CCN(CC)C(=O)C1CN(C(=O)c2ccc(C)cc2)CC1c1ccc(OC)cc1. The molecule has 2 unspecified atom stereocenters. The molecule has 0 spiro atoms. The maximum absolute atomic E-state index is 13.2. The molecule has 2 aromatic rings. The summed E-state index contributed by atoms with van der Waals surface area (Å²) in [5.74, 6) is 0.625. The lowest BCUT2D eigenvalue weighted by molar-refractivity contribution is -0.135. The lowest BCUT2D eigenvalue weighted by atomic mass is 9.88. The van der Waals surface area contributed by atoms with Crippen molar-refractivity contribution in [3.05, 3.63) is 65.2 Å². The molecule has 0 aromatic heterocycles. The summed E-state index contributed by atoms with van der Waals surface area (Å²) in [6, 6.07) is 15.5. The van der Waals surface area contributed by atoms with Gasteiger partial charge in [-0.15, -0.1) is 0 Å².